The van der Waals surface area contributed by atoms with Crippen molar-refractivity contribution in [3.05, 3.63) is 95.1 Å². The average Bonchev–Trinajstić information content (AvgIpc) is 3.02. The number of benzene rings is 3. The lowest BCUT2D eigenvalue weighted by Crippen LogP contribution is -2.61. The highest BCUT2D eigenvalue weighted by molar-refractivity contribution is 5.87. The van der Waals surface area contributed by atoms with Crippen LogP contribution < -0.4 is 0 Å². The van der Waals surface area contributed by atoms with Crippen molar-refractivity contribution >= 4 is 24.1 Å². The SMILES string of the molecule is C[C@@H]1C[C@@H](O[C@@H]2O[C@@H](COC(=O)C=Cc3ccc(O)cc3)[C@H](OC(=O)C=Cc3ccc(O)cc3)[C@@H](O)[C@@H]2O)Cc2cc(O)cc(O)c21. The number of esters is 2. The second-order valence-corrected chi connectivity index (χ2v) is 11.5. The molecule has 2 aliphatic rings. The molecule has 47 heavy (non-hydrogen) atoms. The minimum Gasteiger partial charge on any atom is -0.508 e. The van der Waals surface area contributed by atoms with Gasteiger partial charge in [0.05, 0.1) is 6.10 Å². The molecule has 1 aliphatic carbocycles. The highest BCUT2D eigenvalue weighted by Crippen LogP contribution is 2.41. The Labute approximate surface area is 270 Å². The molecule has 1 fully saturated rings. The molecule has 12 nitrogen and oxygen atoms in total. The number of rotatable bonds is 9. The van der Waals surface area contributed by atoms with Crippen LogP contribution in [0.3, 0.4) is 0 Å². The molecule has 248 valence electrons. The van der Waals surface area contributed by atoms with Crippen LogP contribution >= 0.6 is 0 Å². The number of aromatic hydroxyl groups is 4. The first-order valence-corrected chi connectivity index (χ1v) is 15.0. The third-order valence-electron chi connectivity index (χ3n) is 8.00. The van der Waals surface area contributed by atoms with Crippen LogP contribution in [0.4, 0.5) is 0 Å². The smallest absolute Gasteiger partial charge is 0.331 e. The van der Waals surface area contributed by atoms with Gasteiger partial charge < -0.3 is 49.6 Å². The van der Waals surface area contributed by atoms with Crippen LogP contribution in [0.5, 0.6) is 23.0 Å². The van der Waals surface area contributed by atoms with Gasteiger partial charge in [0.2, 0.25) is 0 Å². The highest BCUT2D eigenvalue weighted by Gasteiger charge is 2.48. The summed E-state index contributed by atoms with van der Waals surface area (Å²) in [4.78, 5) is 25.3. The first-order chi connectivity index (χ1) is 22.5. The summed E-state index contributed by atoms with van der Waals surface area (Å²) in [5.41, 5.74) is 2.56. The van der Waals surface area contributed by atoms with Crippen molar-refractivity contribution in [3.8, 4) is 23.0 Å². The van der Waals surface area contributed by atoms with Gasteiger partial charge in [-0.1, -0.05) is 31.2 Å². The molecule has 0 radical (unpaired) electrons. The van der Waals surface area contributed by atoms with Crippen LogP contribution in [0.2, 0.25) is 0 Å². The molecule has 0 saturated carbocycles. The first kappa shape index (κ1) is 33.5. The van der Waals surface area contributed by atoms with Gasteiger partial charge in [-0.25, -0.2) is 9.59 Å². The number of carbonyl (C=O) groups is 2. The van der Waals surface area contributed by atoms with E-state index in [0.717, 1.165) is 12.2 Å². The van der Waals surface area contributed by atoms with E-state index in [0.29, 0.717) is 28.7 Å². The second kappa shape index (κ2) is 14.7. The number of ether oxygens (including phenoxy) is 4. The van der Waals surface area contributed by atoms with Crippen molar-refractivity contribution in [2.75, 3.05) is 6.61 Å². The molecule has 0 amide bonds. The molecule has 0 bridgehead atoms. The van der Waals surface area contributed by atoms with E-state index in [4.69, 9.17) is 18.9 Å². The molecule has 6 N–H and O–H groups in total. The molecular formula is C35H36O12. The van der Waals surface area contributed by atoms with Crippen LogP contribution in [0.1, 0.15) is 41.5 Å². The maximum atomic E-state index is 12.8. The Kier molecular flexibility index (Phi) is 10.5. The van der Waals surface area contributed by atoms with Crippen molar-refractivity contribution in [2.24, 2.45) is 0 Å². The van der Waals surface area contributed by atoms with Crippen molar-refractivity contribution in [2.45, 2.75) is 62.5 Å². The number of aliphatic hydroxyl groups excluding tert-OH is 2. The first-order valence-electron chi connectivity index (χ1n) is 15.0. The quantitative estimate of drug-likeness (QED) is 0.147. The summed E-state index contributed by atoms with van der Waals surface area (Å²) in [6.07, 6.45) is -2.18. The topological polar surface area (TPSA) is 192 Å². The van der Waals surface area contributed by atoms with Gasteiger partial charge in [-0.15, -0.1) is 0 Å². The maximum Gasteiger partial charge on any atom is 0.331 e. The van der Waals surface area contributed by atoms with Crippen LogP contribution in [-0.2, 0) is 35.0 Å². The largest absolute Gasteiger partial charge is 0.508 e. The number of aliphatic hydroxyl groups is 2. The lowest BCUT2D eigenvalue weighted by atomic mass is 9.81. The molecule has 1 saturated heterocycles. The van der Waals surface area contributed by atoms with Gasteiger partial charge in [0, 0.05) is 23.8 Å². The minimum atomic E-state index is -1.70. The molecule has 7 atom stereocenters. The number of hydrogen-bond acceptors (Lipinski definition) is 12. The third kappa shape index (κ3) is 8.48. The normalized spacial score (nSPS) is 25.8. The highest BCUT2D eigenvalue weighted by atomic mass is 16.7. The number of phenolic OH excluding ortho intramolecular Hbond substituents is 4. The summed E-state index contributed by atoms with van der Waals surface area (Å²) in [6, 6.07) is 14.9. The Hall–Kier alpha value is -4.88. The lowest BCUT2D eigenvalue weighted by Gasteiger charge is -2.43. The van der Waals surface area contributed by atoms with Gasteiger partial charge in [-0.05, 0) is 77.9 Å². The van der Waals surface area contributed by atoms with E-state index >= 15 is 0 Å². The fraction of sp³-hybridized carbons (Fsp3) is 0.314. The average molecular weight is 649 g/mol. The van der Waals surface area contributed by atoms with Crippen molar-refractivity contribution in [1.82, 2.24) is 0 Å². The van der Waals surface area contributed by atoms with E-state index in [2.05, 4.69) is 0 Å². The number of carbonyl (C=O) groups excluding carboxylic acids is 2. The van der Waals surface area contributed by atoms with E-state index in [1.54, 1.807) is 24.3 Å². The van der Waals surface area contributed by atoms with Crippen LogP contribution in [-0.4, -0.2) is 86.0 Å². The molecule has 3 aromatic carbocycles. The van der Waals surface area contributed by atoms with Crippen molar-refractivity contribution in [1.29, 1.82) is 0 Å². The monoisotopic (exact) mass is 648 g/mol. The van der Waals surface area contributed by atoms with E-state index in [1.807, 2.05) is 6.92 Å². The Balaban J connectivity index is 1.30. The van der Waals surface area contributed by atoms with E-state index in [1.165, 1.54) is 48.6 Å². The Bertz CT molecular complexity index is 1610. The maximum absolute atomic E-state index is 12.8. The minimum absolute atomic E-state index is 0.0271. The Morgan fingerprint density at radius 1 is 0.830 bits per heavy atom. The van der Waals surface area contributed by atoms with Crippen LogP contribution in [0, 0.1) is 0 Å². The second-order valence-electron chi connectivity index (χ2n) is 11.5. The van der Waals surface area contributed by atoms with E-state index in [9.17, 15) is 40.2 Å². The molecule has 12 heteroatoms. The molecular weight excluding hydrogens is 612 g/mol. The van der Waals surface area contributed by atoms with E-state index in [-0.39, 0.29) is 35.3 Å². The molecule has 1 aliphatic heterocycles. The molecule has 5 rings (SSSR count). The molecule has 1 heterocycles. The van der Waals surface area contributed by atoms with E-state index < -0.39 is 55.4 Å². The van der Waals surface area contributed by atoms with Gasteiger partial charge in [0.1, 0.15) is 47.9 Å². The van der Waals surface area contributed by atoms with Crippen molar-refractivity contribution < 1.29 is 59.2 Å². The molecule has 3 aromatic rings. The summed E-state index contributed by atoms with van der Waals surface area (Å²) >= 11 is 0. The zero-order valence-electron chi connectivity index (χ0n) is 25.4. The fourth-order valence-corrected chi connectivity index (χ4v) is 5.74. The summed E-state index contributed by atoms with van der Waals surface area (Å²) in [5, 5.41) is 61.4. The van der Waals surface area contributed by atoms with Crippen LogP contribution in [0.15, 0.2) is 72.8 Å². The summed E-state index contributed by atoms with van der Waals surface area (Å²) in [7, 11) is 0. The zero-order valence-corrected chi connectivity index (χ0v) is 25.4. The Morgan fingerprint density at radius 3 is 2.04 bits per heavy atom. The lowest BCUT2D eigenvalue weighted by molar-refractivity contribution is -0.313. The number of fused-ring (bicyclic) bond motifs is 1. The predicted octanol–water partition coefficient (Wildman–Crippen LogP) is 3.27. The van der Waals surface area contributed by atoms with Crippen LogP contribution in [0.25, 0.3) is 12.2 Å². The summed E-state index contributed by atoms with van der Waals surface area (Å²) in [5.74, 6) is -1.83. The van der Waals surface area contributed by atoms with Gasteiger partial charge in [-0.2, -0.15) is 0 Å². The van der Waals surface area contributed by atoms with Gasteiger partial charge in [0.15, 0.2) is 12.4 Å². The Morgan fingerprint density at radius 2 is 1.43 bits per heavy atom. The fourth-order valence-electron chi connectivity index (χ4n) is 5.74. The van der Waals surface area contributed by atoms with Crippen molar-refractivity contribution in [3.63, 3.8) is 0 Å². The molecule has 0 unspecified atom stereocenters. The third-order valence-corrected chi connectivity index (χ3v) is 8.00. The standard InChI is InChI=1S/C35H36O12/c1-19-14-26(16-22-15-25(38)17-27(39)31(19)22)45-35-33(43)32(42)34(47-30(41)13-7-21-4-10-24(37)11-5-21)28(46-35)18-44-29(40)12-6-20-2-8-23(36)9-3-20/h2-13,15,17,19,26,28,32-39,42-43H,14,16,18H2,1H3/t19-,26-,28+,32+,33+,34+,35-/m1/s1. The number of phenols is 4. The molecule has 0 aromatic heterocycles. The van der Waals surface area contributed by atoms with Gasteiger partial charge in [0.25, 0.3) is 0 Å². The predicted molar refractivity (Wildman–Crippen MR) is 167 cm³/mol. The summed E-state index contributed by atoms with van der Waals surface area (Å²) in [6.45, 7) is 1.40. The zero-order chi connectivity index (χ0) is 33.7. The number of hydrogen-bond donors (Lipinski definition) is 6. The summed E-state index contributed by atoms with van der Waals surface area (Å²) < 4.78 is 22.9. The molecule has 0 spiro atoms. The van der Waals surface area contributed by atoms with Gasteiger partial charge >= 0.3 is 11.9 Å². The van der Waals surface area contributed by atoms with Gasteiger partial charge in [-0.3, -0.25) is 0 Å².